The molecule has 4 fully saturated rings. The lowest BCUT2D eigenvalue weighted by Crippen LogP contribution is -2.65. The Morgan fingerprint density at radius 1 is 0.891 bits per heavy atom. The maximum Gasteiger partial charge on any atom is 0.322 e. The molecule has 8 heteroatoms. The van der Waals surface area contributed by atoms with Crippen LogP contribution in [0.4, 0.5) is 0 Å². The summed E-state index contributed by atoms with van der Waals surface area (Å²) in [5.74, 6) is -0.179. The van der Waals surface area contributed by atoms with E-state index in [2.05, 4.69) is 65.2 Å². The number of amides is 2. The fourth-order valence-corrected chi connectivity index (χ4v) is 11.9. The van der Waals surface area contributed by atoms with Crippen molar-refractivity contribution in [3.05, 3.63) is 11.6 Å². The molecule has 0 aromatic carbocycles. The highest BCUT2D eigenvalue weighted by atomic mass is 16.5. The number of rotatable bonds is 8. The summed E-state index contributed by atoms with van der Waals surface area (Å²) in [6.45, 7) is 18.6. The second-order valence-corrected chi connectivity index (χ2v) is 17.9. The second-order valence-electron chi connectivity index (χ2n) is 17.9. The third kappa shape index (κ3) is 5.61. The molecule has 8 nitrogen and oxygen atoms in total. The minimum absolute atomic E-state index is 0.0187. The van der Waals surface area contributed by atoms with Gasteiger partial charge in [0.05, 0.1) is 5.41 Å². The van der Waals surface area contributed by atoms with Gasteiger partial charge in [0.25, 0.3) is 0 Å². The Bertz CT molecular complexity index is 1290. The fourth-order valence-electron chi connectivity index (χ4n) is 11.9. The summed E-state index contributed by atoms with van der Waals surface area (Å²) in [6, 6.07) is 0. The number of carboxylic acids is 1. The highest BCUT2D eigenvalue weighted by Gasteiger charge is 2.69. The summed E-state index contributed by atoms with van der Waals surface area (Å²) >= 11 is 0. The van der Waals surface area contributed by atoms with Crippen LogP contribution >= 0.6 is 0 Å². The van der Waals surface area contributed by atoms with Crippen LogP contribution in [-0.2, 0) is 23.9 Å². The molecule has 0 aromatic heterocycles. The number of hydrogen-bond acceptors (Lipinski definition) is 5. The molecule has 0 aromatic rings. The molecule has 3 unspecified atom stereocenters. The maximum absolute atomic E-state index is 14.2. The molecule has 0 saturated heterocycles. The zero-order valence-corrected chi connectivity index (χ0v) is 29.8. The topological polar surface area (TPSA) is 122 Å². The summed E-state index contributed by atoms with van der Waals surface area (Å²) < 4.78 is 5.92. The minimum Gasteiger partial charge on any atom is -0.480 e. The molecule has 46 heavy (non-hydrogen) atoms. The van der Waals surface area contributed by atoms with E-state index in [-0.39, 0.29) is 69.8 Å². The number of carbonyl (C=O) groups excluding carboxylic acids is 3. The van der Waals surface area contributed by atoms with E-state index in [1.54, 1.807) is 0 Å². The van der Waals surface area contributed by atoms with Crippen LogP contribution in [0.25, 0.3) is 0 Å². The molecule has 8 atom stereocenters. The van der Waals surface area contributed by atoms with Crippen LogP contribution in [0, 0.1) is 50.2 Å². The number of carboxylic acid groups (broad SMARTS) is 1. The Balaban J connectivity index is 1.39. The first-order chi connectivity index (χ1) is 21.3. The van der Waals surface area contributed by atoms with Gasteiger partial charge in [-0.05, 0) is 110 Å². The normalized spacial score (nSPS) is 40.5. The van der Waals surface area contributed by atoms with Crippen LogP contribution in [0.15, 0.2) is 11.6 Å². The molecule has 0 radical (unpaired) electrons. The van der Waals surface area contributed by atoms with Gasteiger partial charge < -0.3 is 20.5 Å². The van der Waals surface area contributed by atoms with Crippen molar-refractivity contribution in [2.45, 2.75) is 139 Å². The summed E-state index contributed by atoms with van der Waals surface area (Å²) in [4.78, 5) is 49.0. The fraction of sp³-hybridized carbons (Fsp3) is 0.842. The predicted molar refractivity (Wildman–Crippen MR) is 177 cm³/mol. The van der Waals surface area contributed by atoms with Crippen molar-refractivity contribution in [1.82, 2.24) is 10.6 Å². The molecular formula is C38H60N2O6. The summed E-state index contributed by atoms with van der Waals surface area (Å²) in [6.07, 6.45) is 13.4. The largest absolute Gasteiger partial charge is 0.480 e. The van der Waals surface area contributed by atoms with E-state index in [0.717, 1.165) is 64.2 Å². The third-order valence-electron chi connectivity index (χ3n) is 14.6. The predicted octanol–water partition coefficient (Wildman–Crippen LogP) is 6.82. The molecule has 0 aliphatic heterocycles. The van der Waals surface area contributed by atoms with E-state index in [9.17, 15) is 19.2 Å². The van der Waals surface area contributed by atoms with Gasteiger partial charge in [-0.2, -0.15) is 0 Å². The number of esters is 1. The molecule has 0 heterocycles. The van der Waals surface area contributed by atoms with Crippen molar-refractivity contribution in [3.63, 3.8) is 0 Å². The van der Waals surface area contributed by atoms with Crippen LogP contribution in [0.1, 0.15) is 132 Å². The second kappa shape index (κ2) is 11.9. The molecule has 5 aliphatic rings. The van der Waals surface area contributed by atoms with Crippen LogP contribution in [0.2, 0.25) is 0 Å². The van der Waals surface area contributed by atoms with Gasteiger partial charge in [-0.3, -0.25) is 19.2 Å². The van der Waals surface area contributed by atoms with Gasteiger partial charge in [-0.25, -0.2) is 0 Å². The molecule has 0 bridgehead atoms. The van der Waals surface area contributed by atoms with Crippen LogP contribution < -0.4 is 10.6 Å². The van der Waals surface area contributed by atoms with Crippen molar-refractivity contribution in [2.75, 3.05) is 13.1 Å². The number of fused-ring (bicyclic) bond motifs is 7. The van der Waals surface area contributed by atoms with E-state index in [1.165, 1.54) is 12.5 Å². The van der Waals surface area contributed by atoms with Gasteiger partial charge in [0.15, 0.2) is 0 Å². The summed E-state index contributed by atoms with van der Waals surface area (Å²) in [5.41, 5.74) is 1.49. The van der Waals surface area contributed by atoms with Crippen LogP contribution in [-0.4, -0.2) is 48.1 Å². The van der Waals surface area contributed by atoms with Crippen LogP contribution in [0.3, 0.4) is 0 Å². The zero-order chi connectivity index (χ0) is 33.9. The highest BCUT2D eigenvalue weighted by molar-refractivity contribution is 5.84. The standard InChI is InChI=1S/C38H60N2O6/c1-24(41)46-29-14-15-35(6)27(34(29,4)5)13-16-37(8)28(35)12-11-25-26-22-33(2,3)17-19-38(26,20-18-36(25,37)7)32(45)39-21-9-10-30(42)40-23-31(43)44/h11,26-29H,9-10,12-23H2,1-8H3,(H,39,45)(H,40,42)(H,43,44)/t26?,27?,28?,29-,35-,36+,37+,38-/m0/s1. The Labute approximate surface area is 276 Å². The Morgan fingerprint density at radius 2 is 1.59 bits per heavy atom. The van der Waals surface area contributed by atoms with Gasteiger partial charge in [0, 0.05) is 25.3 Å². The Morgan fingerprint density at radius 3 is 2.26 bits per heavy atom. The monoisotopic (exact) mass is 640 g/mol. The van der Waals surface area contributed by atoms with E-state index in [1.807, 2.05) is 0 Å². The first-order valence-electron chi connectivity index (χ1n) is 18.0. The lowest BCUT2D eigenvalue weighted by molar-refractivity contribution is -0.212. The highest BCUT2D eigenvalue weighted by Crippen LogP contribution is 2.75. The van der Waals surface area contributed by atoms with E-state index < -0.39 is 11.4 Å². The lowest BCUT2D eigenvalue weighted by Gasteiger charge is -2.71. The summed E-state index contributed by atoms with van der Waals surface area (Å²) in [7, 11) is 0. The van der Waals surface area contributed by atoms with Crippen molar-refractivity contribution >= 4 is 23.8 Å². The third-order valence-corrected chi connectivity index (χ3v) is 14.6. The molecule has 258 valence electrons. The molecular weight excluding hydrogens is 580 g/mol. The minimum atomic E-state index is -1.06. The zero-order valence-electron chi connectivity index (χ0n) is 29.8. The average Bonchev–Trinajstić information content (AvgIpc) is 2.95. The average molecular weight is 641 g/mol. The molecule has 4 saturated carbocycles. The van der Waals surface area contributed by atoms with Crippen molar-refractivity contribution in [1.29, 1.82) is 0 Å². The number of allylic oxidation sites excluding steroid dienone is 2. The van der Waals surface area contributed by atoms with Crippen molar-refractivity contribution in [2.24, 2.45) is 50.2 Å². The molecule has 2 amide bonds. The van der Waals surface area contributed by atoms with Gasteiger partial charge in [-0.1, -0.05) is 60.1 Å². The molecule has 0 spiro atoms. The van der Waals surface area contributed by atoms with E-state index >= 15 is 0 Å². The Hall–Kier alpha value is -2.38. The quantitative estimate of drug-likeness (QED) is 0.152. The number of nitrogens with one attached hydrogen (secondary N) is 2. The van der Waals surface area contributed by atoms with E-state index in [4.69, 9.17) is 9.84 Å². The van der Waals surface area contributed by atoms with E-state index in [0.29, 0.717) is 24.8 Å². The summed E-state index contributed by atoms with van der Waals surface area (Å²) in [5, 5.41) is 14.4. The SMILES string of the molecule is CC(=O)O[C@H]1CC[C@@]2(C)C(CC[C@]3(C)C2CC=C2C4CC(C)(C)CC[C@]4(C(=O)NCCCC(=O)NCC(=O)O)CC[C@]23C)C1(C)C. The lowest BCUT2D eigenvalue weighted by atomic mass is 9.33. The number of carbonyl (C=O) groups is 4. The van der Waals surface area contributed by atoms with Gasteiger partial charge in [-0.15, -0.1) is 0 Å². The van der Waals surface area contributed by atoms with Gasteiger partial charge in [0.1, 0.15) is 12.6 Å². The number of aliphatic carboxylic acids is 1. The smallest absolute Gasteiger partial charge is 0.322 e. The van der Waals surface area contributed by atoms with Gasteiger partial charge in [0.2, 0.25) is 11.8 Å². The van der Waals surface area contributed by atoms with Crippen molar-refractivity contribution in [3.8, 4) is 0 Å². The van der Waals surface area contributed by atoms with Gasteiger partial charge >= 0.3 is 11.9 Å². The Kier molecular flexibility index (Phi) is 9.07. The van der Waals surface area contributed by atoms with Crippen LogP contribution in [0.5, 0.6) is 0 Å². The first kappa shape index (κ1) is 34.9. The number of ether oxygens (including phenoxy) is 1. The first-order valence-corrected chi connectivity index (χ1v) is 18.0. The maximum atomic E-state index is 14.2. The molecule has 5 aliphatic carbocycles. The molecule has 3 N–H and O–H groups in total. The molecule has 5 rings (SSSR count). The number of hydrogen-bond donors (Lipinski definition) is 3. The van der Waals surface area contributed by atoms with Crippen molar-refractivity contribution < 1.29 is 29.0 Å².